The van der Waals surface area contributed by atoms with Crippen LogP contribution < -0.4 is 0 Å². The Labute approximate surface area is 100 Å². The van der Waals surface area contributed by atoms with Gasteiger partial charge in [0, 0.05) is 22.5 Å². The van der Waals surface area contributed by atoms with Crippen LogP contribution in [0.5, 0.6) is 0 Å². The van der Waals surface area contributed by atoms with Crippen molar-refractivity contribution in [3.05, 3.63) is 0 Å². The predicted molar refractivity (Wildman–Crippen MR) is 74.6 cm³/mol. The van der Waals surface area contributed by atoms with Gasteiger partial charge >= 0.3 is 0 Å². The summed E-state index contributed by atoms with van der Waals surface area (Å²) in [4.78, 5) is 0. The van der Waals surface area contributed by atoms with Gasteiger partial charge in [-0.25, -0.2) is 0 Å². The highest BCUT2D eigenvalue weighted by molar-refractivity contribution is 8.68. The van der Waals surface area contributed by atoms with Gasteiger partial charge in [-0.15, -0.1) is 11.7 Å². The molecule has 0 aromatic carbocycles. The van der Waals surface area contributed by atoms with Gasteiger partial charge in [-0.3, -0.25) is 0 Å². The summed E-state index contributed by atoms with van der Waals surface area (Å²) in [5.41, 5.74) is 0. The molecular weight excluding hydrogens is 244 g/mol. The Morgan fingerprint density at radius 3 is 2.42 bits per heavy atom. The largest absolute Gasteiger partial charge is 0.179 e. The zero-order valence-corrected chi connectivity index (χ0v) is 11.3. The molecule has 0 bridgehead atoms. The fourth-order valence-corrected chi connectivity index (χ4v) is 3.20. The first kappa shape index (κ1) is 13.8. The molecular formula is C7H16S5. The lowest BCUT2D eigenvalue weighted by Gasteiger charge is -2.12. The summed E-state index contributed by atoms with van der Waals surface area (Å²) in [6, 6.07) is 0. The zero-order chi connectivity index (χ0) is 9.23. The van der Waals surface area contributed by atoms with E-state index in [0.29, 0.717) is 5.25 Å². The van der Waals surface area contributed by atoms with Gasteiger partial charge in [0.25, 0.3) is 0 Å². The first-order valence-electron chi connectivity index (χ1n) is 3.94. The summed E-state index contributed by atoms with van der Waals surface area (Å²) >= 11 is 14.6. The molecule has 0 N–H and O–H groups in total. The van der Waals surface area contributed by atoms with Crippen LogP contribution in [0.2, 0.25) is 0 Å². The lowest BCUT2D eigenvalue weighted by atomic mass is 10.3. The fraction of sp³-hybridized carbons (Fsp3) is 1.00. The molecule has 12 heavy (non-hydrogen) atoms. The van der Waals surface area contributed by atoms with E-state index < -0.39 is 0 Å². The maximum absolute atomic E-state index is 4.32. The molecule has 0 fully saturated rings. The van der Waals surface area contributed by atoms with E-state index in [9.17, 15) is 0 Å². The van der Waals surface area contributed by atoms with Gasteiger partial charge in [0.2, 0.25) is 0 Å². The molecule has 0 heterocycles. The summed E-state index contributed by atoms with van der Waals surface area (Å²) in [6.45, 7) is 0. The minimum absolute atomic E-state index is 0.709. The quantitative estimate of drug-likeness (QED) is 0.348. The number of hydrogen-bond donors (Lipinski definition) is 3. The highest BCUT2D eigenvalue weighted by atomic mass is 33.1. The van der Waals surface area contributed by atoms with E-state index in [2.05, 4.69) is 36.9 Å². The third kappa shape index (κ3) is 8.35. The second-order valence-electron chi connectivity index (χ2n) is 2.37. The molecule has 0 aliphatic rings. The van der Waals surface area contributed by atoms with Crippen LogP contribution in [-0.2, 0) is 0 Å². The second kappa shape index (κ2) is 10.8. The van der Waals surface area contributed by atoms with E-state index in [0.717, 1.165) is 23.0 Å². The third-order valence-electron chi connectivity index (χ3n) is 1.41. The van der Waals surface area contributed by atoms with Crippen molar-refractivity contribution >= 4 is 59.5 Å². The van der Waals surface area contributed by atoms with E-state index in [1.165, 1.54) is 12.8 Å². The molecule has 0 aromatic heterocycles. The third-order valence-corrected chi connectivity index (χ3v) is 4.96. The average Bonchev–Trinajstić information content (AvgIpc) is 2.11. The lowest BCUT2D eigenvalue weighted by molar-refractivity contribution is 0.803. The Morgan fingerprint density at radius 1 is 1.17 bits per heavy atom. The van der Waals surface area contributed by atoms with Crippen molar-refractivity contribution in [1.82, 2.24) is 0 Å². The fourth-order valence-electron chi connectivity index (χ4n) is 0.822. The number of rotatable bonds is 8. The van der Waals surface area contributed by atoms with Gasteiger partial charge in [0.1, 0.15) is 0 Å². The average molecular weight is 261 g/mol. The van der Waals surface area contributed by atoms with Gasteiger partial charge in [0.15, 0.2) is 0 Å². The van der Waals surface area contributed by atoms with Crippen molar-refractivity contribution in [2.45, 2.75) is 18.1 Å². The van der Waals surface area contributed by atoms with E-state index in [1.807, 2.05) is 11.8 Å². The van der Waals surface area contributed by atoms with Crippen LogP contribution in [0.1, 0.15) is 12.8 Å². The molecule has 0 saturated carbocycles. The van der Waals surface area contributed by atoms with Crippen molar-refractivity contribution in [2.75, 3.05) is 23.0 Å². The number of thiol groups is 3. The molecule has 74 valence electrons. The van der Waals surface area contributed by atoms with Crippen molar-refractivity contribution in [3.63, 3.8) is 0 Å². The van der Waals surface area contributed by atoms with Crippen molar-refractivity contribution in [1.29, 1.82) is 0 Å². The van der Waals surface area contributed by atoms with Crippen LogP contribution in [0.3, 0.4) is 0 Å². The van der Waals surface area contributed by atoms with E-state index >= 15 is 0 Å². The summed E-state index contributed by atoms with van der Waals surface area (Å²) in [6.07, 6.45) is 2.51. The normalized spacial score (nSPS) is 13.2. The van der Waals surface area contributed by atoms with E-state index in [-0.39, 0.29) is 0 Å². The Balaban J connectivity index is 3.26. The molecule has 0 aromatic rings. The Hall–Kier alpha value is 1.75. The molecule has 1 unspecified atom stereocenters. The molecule has 0 aliphatic heterocycles. The first-order valence-corrected chi connectivity index (χ1v) is 8.30. The topological polar surface area (TPSA) is 0 Å². The van der Waals surface area contributed by atoms with Crippen LogP contribution >= 0.6 is 59.5 Å². The summed E-state index contributed by atoms with van der Waals surface area (Å²) in [7, 11) is 1.62. The Morgan fingerprint density at radius 2 is 1.92 bits per heavy atom. The van der Waals surface area contributed by atoms with E-state index in [1.54, 1.807) is 10.8 Å². The molecule has 0 amide bonds. The molecule has 0 nitrogen and oxygen atoms in total. The van der Waals surface area contributed by atoms with Crippen molar-refractivity contribution in [2.24, 2.45) is 0 Å². The lowest BCUT2D eigenvalue weighted by Crippen LogP contribution is -2.06. The van der Waals surface area contributed by atoms with Crippen LogP contribution in [0.4, 0.5) is 0 Å². The van der Waals surface area contributed by atoms with Gasteiger partial charge in [0.05, 0.1) is 0 Å². The number of hydrogen-bond acceptors (Lipinski definition) is 5. The van der Waals surface area contributed by atoms with Gasteiger partial charge in [-0.2, -0.15) is 37.0 Å². The highest BCUT2D eigenvalue weighted by Crippen LogP contribution is 2.19. The maximum atomic E-state index is 4.32. The standard InChI is InChI=1S/C7H16S5/c8-3-5-11-7(6-9)2-1-4-12-10/h7-10H,1-6H2. The molecule has 0 spiro atoms. The van der Waals surface area contributed by atoms with Crippen LogP contribution in [0.25, 0.3) is 0 Å². The molecule has 5 heteroatoms. The first-order chi connectivity index (χ1) is 5.85. The molecule has 0 rings (SSSR count). The zero-order valence-electron chi connectivity index (χ0n) is 6.98. The maximum Gasteiger partial charge on any atom is 0.0136 e. The predicted octanol–water partition coefficient (Wildman–Crippen LogP) is 3.31. The smallest absolute Gasteiger partial charge is 0.0136 e. The van der Waals surface area contributed by atoms with E-state index in [4.69, 9.17) is 0 Å². The van der Waals surface area contributed by atoms with Crippen molar-refractivity contribution < 1.29 is 0 Å². The van der Waals surface area contributed by atoms with Crippen LogP contribution in [-0.4, -0.2) is 28.3 Å². The van der Waals surface area contributed by atoms with Gasteiger partial charge < -0.3 is 0 Å². The molecule has 1 atom stereocenters. The molecule has 0 radical (unpaired) electrons. The monoisotopic (exact) mass is 260 g/mol. The van der Waals surface area contributed by atoms with Crippen LogP contribution in [0, 0.1) is 0 Å². The molecule has 0 aliphatic carbocycles. The van der Waals surface area contributed by atoms with Gasteiger partial charge in [-0.1, -0.05) is 10.8 Å². The Bertz CT molecular complexity index is 87.9. The SMILES string of the molecule is SCCSC(CS)CCCSS. The summed E-state index contributed by atoms with van der Waals surface area (Å²) in [5, 5.41) is 0.709. The van der Waals surface area contributed by atoms with Crippen LogP contribution in [0.15, 0.2) is 0 Å². The summed E-state index contributed by atoms with van der Waals surface area (Å²) < 4.78 is 0. The summed E-state index contributed by atoms with van der Waals surface area (Å²) in [5.74, 6) is 4.24. The number of thioether (sulfide) groups is 1. The Kier molecular flexibility index (Phi) is 12.4. The minimum Gasteiger partial charge on any atom is -0.179 e. The minimum atomic E-state index is 0.709. The molecule has 0 saturated heterocycles. The van der Waals surface area contributed by atoms with Gasteiger partial charge in [-0.05, 0) is 18.6 Å². The second-order valence-corrected chi connectivity index (χ2v) is 6.04. The van der Waals surface area contributed by atoms with Crippen molar-refractivity contribution in [3.8, 4) is 0 Å². The highest BCUT2D eigenvalue weighted by Gasteiger charge is 2.05.